The first-order valence-electron chi connectivity index (χ1n) is 9.71. The molecule has 1 aromatic carbocycles. The SMILES string of the molecule is CCOCc1nc2c(N=[N+]=[N-])nc3ccccc3c2n1CCNC(=O)OC(C)(C)C. The number of para-hydroxylation sites is 1. The van der Waals surface area contributed by atoms with Crippen molar-refractivity contribution in [1.82, 2.24) is 19.9 Å². The summed E-state index contributed by atoms with van der Waals surface area (Å²) in [5.41, 5.74) is 10.4. The molecular formula is C20H25N7O3. The van der Waals surface area contributed by atoms with Crippen molar-refractivity contribution in [3.05, 3.63) is 40.5 Å². The van der Waals surface area contributed by atoms with Gasteiger partial charge in [0.2, 0.25) is 0 Å². The highest BCUT2D eigenvalue weighted by molar-refractivity contribution is 6.06. The van der Waals surface area contributed by atoms with E-state index in [-0.39, 0.29) is 12.4 Å². The zero-order valence-corrected chi connectivity index (χ0v) is 17.5. The molecular weight excluding hydrogens is 386 g/mol. The third-order valence-corrected chi connectivity index (χ3v) is 4.22. The molecule has 3 aromatic rings. The Morgan fingerprint density at radius 2 is 2.07 bits per heavy atom. The summed E-state index contributed by atoms with van der Waals surface area (Å²) in [6, 6.07) is 7.57. The smallest absolute Gasteiger partial charge is 0.407 e. The summed E-state index contributed by atoms with van der Waals surface area (Å²) in [5.74, 6) is 0.869. The third kappa shape index (κ3) is 4.79. The summed E-state index contributed by atoms with van der Waals surface area (Å²) >= 11 is 0. The van der Waals surface area contributed by atoms with Crippen LogP contribution in [0.1, 0.15) is 33.5 Å². The molecule has 0 saturated carbocycles. The van der Waals surface area contributed by atoms with Gasteiger partial charge in [-0.25, -0.2) is 14.8 Å². The molecule has 2 aromatic heterocycles. The lowest BCUT2D eigenvalue weighted by atomic mass is 10.2. The van der Waals surface area contributed by atoms with Gasteiger partial charge in [-0.05, 0) is 44.4 Å². The normalized spacial score (nSPS) is 11.5. The van der Waals surface area contributed by atoms with E-state index in [0.717, 1.165) is 10.9 Å². The molecule has 10 nitrogen and oxygen atoms in total. The van der Waals surface area contributed by atoms with Gasteiger partial charge in [0, 0.05) is 30.0 Å². The quantitative estimate of drug-likeness (QED) is 0.345. The molecule has 0 saturated heterocycles. The number of carbonyl (C=O) groups excluding carboxylic acids is 1. The molecule has 0 unspecified atom stereocenters. The van der Waals surface area contributed by atoms with Crippen LogP contribution in [0.5, 0.6) is 0 Å². The van der Waals surface area contributed by atoms with Crippen molar-refractivity contribution in [2.75, 3.05) is 13.2 Å². The van der Waals surface area contributed by atoms with E-state index in [4.69, 9.17) is 15.0 Å². The molecule has 30 heavy (non-hydrogen) atoms. The molecule has 0 bridgehead atoms. The lowest BCUT2D eigenvalue weighted by molar-refractivity contribution is 0.0526. The number of rotatable bonds is 7. The average Bonchev–Trinajstić information content (AvgIpc) is 3.04. The largest absolute Gasteiger partial charge is 0.444 e. The Morgan fingerprint density at radius 3 is 2.77 bits per heavy atom. The van der Waals surface area contributed by atoms with Crippen LogP contribution >= 0.6 is 0 Å². The first-order chi connectivity index (χ1) is 14.3. The Labute approximate surface area is 173 Å². The van der Waals surface area contributed by atoms with Crippen molar-refractivity contribution in [1.29, 1.82) is 0 Å². The van der Waals surface area contributed by atoms with Crippen LogP contribution in [0.2, 0.25) is 0 Å². The number of hydrogen-bond acceptors (Lipinski definition) is 6. The summed E-state index contributed by atoms with van der Waals surface area (Å²) in [6.07, 6.45) is -0.487. The van der Waals surface area contributed by atoms with E-state index < -0.39 is 11.7 Å². The van der Waals surface area contributed by atoms with Crippen molar-refractivity contribution in [3.63, 3.8) is 0 Å². The second-order valence-electron chi connectivity index (χ2n) is 7.58. The van der Waals surface area contributed by atoms with E-state index in [1.807, 2.05) is 56.5 Å². The highest BCUT2D eigenvalue weighted by atomic mass is 16.6. The zero-order valence-electron chi connectivity index (χ0n) is 17.5. The predicted octanol–water partition coefficient (Wildman–Crippen LogP) is 4.59. The predicted molar refractivity (Wildman–Crippen MR) is 113 cm³/mol. The molecule has 3 rings (SSSR count). The fourth-order valence-electron chi connectivity index (χ4n) is 3.11. The number of hydrogen-bond donors (Lipinski definition) is 1. The molecule has 2 heterocycles. The van der Waals surface area contributed by atoms with E-state index in [2.05, 4.69) is 25.3 Å². The minimum atomic E-state index is -0.571. The van der Waals surface area contributed by atoms with E-state index in [9.17, 15) is 4.79 Å². The van der Waals surface area contributed by atoms with Gasteiger partial charge in [0.1, 0.15) is 23.5 Å². The van der Waals surface area contributed by atoms with E-state index in [1.54, 1.807) is 0 Å². The minimum absolute atomic E-state index is 0.211. The van der Waals surface area contributed by atoms with Gasteiger partial charge in [0.05, 0.1) is 11.0 Å². The molecule has 0 aliphatic heterocycles. The maximum Gasteiger partial charge on any atom is 0.407 e. The molecule has 158 valence electrons. The third-order valence-electron chi connectivity index (χ3n) is 4.22. The Bertz CT molecular complexity index is 1110. The fraction of sp³-hybridized carbons (Fsp3) is 0.450. The molecule has 0 aliphatic rings. The Balaban J connectivity index is 2.03. The number of imidazole rings is 1. The lowest BCUT2D eigenvalue weighted by Gasteiger charge is -2.20. The van der Waals surface area contributed by atoms with Crippen LogP contribution in [0, 0.1) is 0 Å². The summed E-state index contributed by atoms with van der Waals surface area (Å²) in [7, 11) is 0. The maximum absolute atomic E-state index is 12.0. The lowest BCUT2D eigenvalue weighted by Crippen LogP contribution is -2.34. The Morgan fingerprint density at radius 1 is 1.30 bits per heavy atom. The van der Waals surface area contributed by atoms with E-state index >= 15 is 0 Å². The number of nitrogens with zero attached hydrogens (tertiary/aromatic N) is 6. The van der Waals surface area contributed by atoms with Gasteiger partial charge in [-0.1, -0.05) is 18.2 Å². The van der Waals surface area contributed by atoms with Crippen molar-refractivity contribution in [2.45, 2.75) is 46.4 Å². The van der Waals surface area contributed by atoms with Gasteiger partial charge in [-0.3, -0.25) is 0 Å². The number of benzene rings is 1. The van der Waals surface area contributed by atoms with Crippen molar-refractivity contribution < 1.29 is 14.3 Å². The second-order valence-corrected chi connectivity index (χ2v) is 7.58. The van der Waals surface area contributed by atoms with E-state index in [1.165, 1.54) is 0 Å². The van der Waals surface area contributed by atoms with Gasteiger partial charge in [-0.15, -0.1) is 0 Å². The van der Waals surface area contributed by atoms with Crippen LogP contribution in [0.15, 0.2) is 29.4 Å². The first kappa shape index (κ1) is 21.4. The number of alkyl carbamates (subject to hydrolysis) is 1. The number of ether oxygens (including phenoxy) is 2. The van der Waals surface area contributed by atoms with Gasteiger partial charge >= 0.3 is 6.09 Å². The number of carbonyl (C=O) groups is 1. The van der Waals surface area contributed by atoms with Gasteiger partial charge < -0.3 is 19.4 Å². The van der Waals surface area contributed by atoms with E-state index in [0.29, 0.717) is 36.6 Å². The standard InChI is InChI=1S/C20H25N7O3/c1-5-29-12-15-24-16-17(27(15)11-10-22-19(28)30-20(2,3)4)13-8-6-7-9-14(13)23-18(16)25-26-21/h6-9H,5,10-12H2,1-4H3,(H,22,28). The van der Waals surface area contributed by atoms with Crippen LogP contribution in [-0.4, -0.2) is 39.4 Å². The number of aromatic nitrogens is 3. The van der Waals surface area contributed by atoms with Crippen molar-refractivity contribution in [3.8, 4) is 0 Å². The number of nitrogens with one attached hydrogen (secondary N) is 1. The summed E-state index contributed by atoms with van der Waals surface area (Å²) in [6.45, 7) is 8.91. The molecule has 1 N–H and O–H groups in total. The zero-order chi connectivity index (χ0) is 21.7. The molecule has 10 heteroatoms. The minimum Gasteiger partial charge on any atom is -0.444 e. The van der Waals surface area contributed by atoms with Gasteiger partial charge in [-0.2, -0.15) is 0 Å². The van der Waals surface area contributed by atoms with Crippen LogP contribution < -0.4 is 5.32 Å². The van der Waals surface area contributed by atoms with Crippen molar-refractivity contribution >= 4 is 33.8 Å². The highest BCUT2D eigenvalue weighted by Crippen LogP contribution is 2.31. The average molecular weight is 411 g/mol. The van der Waals surface area contributed by atoms with Crippen LogP contribution in [0.3, 0.4) is 0 Å². The topological polar surface area (TPSA) is 127 Å². The number of fused-ring (bicyclic) bond motifs is 3. The molecule has 0 spiro atoms. The maximum atomic E-state index is 12.0. The molecule has 0 aliphatic carbocycles. The number of pyridine rings is 1. The summed E-state index contributed by atoms with van der Waals surface area (Å²) in [5, 5.41) is 7.37. The Hall–Kier alpha value is -3.36. The Kier molecular flexibility index (Phi) is 6.39. The second kappa shape index (κ2) is 8.98. The van der Waals surface area contributed by atoms with Crippen LogP contribution in [0.25, 0.3) is 32.4 Å². The van der Waals surface area contributed by atoms with Crippen LogP contribution in [0.4, 0.5) is 10.6 Å². The van der Waals surface area contributed by atoms with Crippen LogP contribution in [-0.2, 0) is 22.6 Å². The molecule has 0 atom stereocenters. The van der Waals surface area contributed by atoms with Crippen molar-refractivity contribution in [2.24, 2.45) is 5.11 Å². The molecule has 1 amide bonds. The first-order valence-corrected chi connectivity index (χ1v) is 9.71. The van der Waals surface area contributed by atoms with Gasteiger partial charge in [0.15, 0.2) is 5.82 Å². The summed E-state index contributed by atoms with van der Waals surface area (Å²) < 4.78 is 12.8. The van der Waals surface area contributed by atoms with Gasteiger partial charge in [0.25, 0.3) is 0 Å². The number of amides is 1. The fourth-order valence-corrected chi connectivity index (χ4v) is 3.11. The molecule has 0 fully saturated rings. The number of azide groups is 1. The monoisotopic (exact) mass is 411 g/mol. The highest BCUT2D eigenvalue weighted by Gasteiger charge is 2.19. The molecule has 0 radical (unpaired) electrons. The summed E-state index contributed by atoms with van der Waals surface area (Å²) in [4.78, 5) is 24.0.